The van der Waals surface area contributed by atoms with Crippen molar-refractivity contribution >= 4 is 6.03 Å². The van der Waals surface area contributed by atoms with Crippen molar-refractivity contribution in [1.29, 1.82) is 0 Å². The fraction of sp³-hybridized carbons (Fsp3) is 0.759. The Morgan fingerprint density at radius 1 is 1.13 bits per heavy atom. The highest BCUT2D eigenvalue weighted by molar-refractivity contribution is 5.74. The summed E-state index contributed by atoms with van der Waals surface area (Å²) in [4.78, 5) is 15.1. The van der Waals surface area contributed by atoms with E-state index < -0.39 is 17.3 Å². The molecule has 3 rings (SSSR count). The number of likely N-dealkylation sites (N-methyl/N-ethyl adjacent to an activating group) is 1. The SMILES string of the molecule is CNCC(CC1CCCCC1)NC(=O)N1CCC[C@@H]([C@@](O)(CCCCOC)c2cccc(C(F)(F)F)c2)C1. The number of carbonyl (C=O) groups is 1. The summed E-state index contributed by atoms with van der Waals surface area (Å²) < 4.78 is 45.7. The molecular weight excluding hydrogens is 495 g/mol. The molecule has 1 saturated heterocycles. The molecule has 9 heteroatoms. The molecule has 2 amide bonds. The van der Waals surface area contributed by atoms with E-state index in [-0.39, 0.29) is 23.6 Å². The largest absolute Gasteiger partial charge is 0.416 e. The second-order valence-corrected chi connectivity index (χ2v) is 11.2. The predicted molar refractivity (Wildman–Crippen MR) is 143 cm³/mol. The van der Waals surface area contributed by atoms with Gasteiger partial charge in [0.1, 0.15) is 0 Å². The van der Waals surface area contributed by atoms with Gasteiger partial charge in [-0.25, -0.2) is 4.79 Å². The molecular formula is C29H46F3N3O3. The third-order valence-corrected chi connectivity index (χ3v) is 8.35. The van der Waals surface area contributed by atoms with Gasteiger partial charge in [0.15, 0.2) is 0 Å². The van der Waals surface area contributed by atoms with Crippen LogP contribution < -0.4 is 10.6 Å². The number of aliphatic hydroxyl groups is 1. The molecule has 0 bridgehead atoms. The van der Waals surface area contributed by atoms with Crippen LogP contribution in [-0.4, -0.2) is 62.5 Å². The number of nitrogens with zero attached hydrogens (tertiary/aromatic N) is 1. The molecule has 38 heavy (non-hydrogen) atoms. The van der Waals surface area contributed by atoms with E-state index in [1.165, 1.54) is 38.2 Å². The number of unbranched alkanes of at least 4 members (excludes halogenated alkanes) is 1. The van der Waals surface area contributed by atoms with E-state index >= 15 is 0 Å². The summed E-state index contributed by atoms with van der Waals surface area (Å²) in [5.41, 5.74) is -1.98. The second kappa shape index (κ2) is 14.5. The lowest BCUT2D eigenvalue weighted by atomic mass is 9.74. The Balaban J connectivity index is 1.74. The monoisotopic (exact) mass is 541 g/mol. The van der Waals surface area contributed by atoms with Gasteiger partial charge in [-0.1, -0.05) is 44.2 Å². The van der Waals surface area contributed by atoms with Crippen molar-refractivity contribution in [3.05, 3.63) is 35.4 Å². The van der Waals surface area contributed by atoms with Crippen molar-refractivity contribution in [3.63, 3.8) is 0 Å². The number of carbonyl (C=O) groups excluding carboxylic acids is 1. The third kappa shape index (κ3) is 8.58. The minimum Gasteiger partial charge on any atom is -0.385 e. The van der Waals surface area contributed by atoms with E-state index in [2.05, 4.69) is 10.6 Å². The standard InChI is InChI=1S/C29H46F3N3O3/c1-33-20-26(18-22-10-4-3-5-11-22)34-27(36)35-16-9-14-25(21-35)28(37,15-6-7-17-38-2)23-12-8-13-24(19-23)29(30,31)32/h8,12-13,19,22,25-26,33,37H,3-7,9-11,14-18,20-21H2,1-2H3,(H,34,36)/t25-,26?,28-/m1/s1. The van der Waals surface area contributed by atoms with Crippen molar-refractivity contribution in [2.45, 2.75) is 88.4 Å². The van der Waals surface area contributed by atoms with Crippen LogP contribution in [-0.2, 0) is 16.5 Å². The lowest BCUT2D eigenvalue weighted by Crippen LogP contribution is -2.54. The van der Waals surface area contributed by atoms with Gasteiger partial charge < -0.3 is 25.4 Å². The van der Waals surface area contributed by atoms with Crippen molar-refractivity contribution in [2.75, 3.05) is 40.4 Å². The molecule has 2 aliphatic rings. The summed E-state index contributed by atoms with van der Waals surface area (Å²) >= 11 is 0. The Labute approximate surface area is 225 Å². The molecule has 6 nitrogen and oxygen atoms in total. The van der Waals surface area contributed by atoms with Crippen LogP contribution in [0.4, 0.5) is 18.0 Å². The van der Waals surface area contributed by atoms with Crippen molar-refractivity contribution in [1.82, 2.24) is 15.5 Å². The van der Waals surface area contributed by atoms with Gasteiger partial charge >= 0.3 is 12.2 Å². The van der Waals surface area contributed by atoms with Crippen LogP contribution >= 0.6 is 0 Å². The van der Waals surface area contributed by atoms with E-state index in [1.807, 2.05) is 7.05 Å². The van der Waals surface area contributed by atoms with Crippen LogP contribution in [0, 0.1) is 11.8 Å². The number of rotatable bonds is 12. The molecule has 0 aromatic heterocycles. The summed E-state index contributed by atoms with van der Waals surface area (Å²) in [7, 11) is 3.49. The smallest absolute Gasteiger partial charge is 0.385 e. The minimum atomic E-state index is -4.49. The Morgan fingerprint density at radius 2 is 1.87 bits per heavy atom. The van der Waals surface area contributed by atoms with Crippen LogP contribution in [0.1, 0.15) is 81.8 Å². The molecule has 1 aliphatic carbocycles. The summed E-state index contributed by atoms with van der Waals surface area (Å²) in [6.45, 7) is 2.08. The van der Waals surface area contributed by atoms with Gasteiger partial charge in [0.25, 0.3) is 0 Å². The van der Waals surface area contributed by atoms with Gasteiger partial charge in [0, 0.05) is 45.3 Å². The number of alkyl halides is 3. The number of halogens is 3. The van der Waals surface area contributed by atoms with Crippen LogP contribution in [0.2, 0.25) is 0 Å². The average molecular weight is 542 g/mol. The van der Waals surface area contributed by atoms with E-state index in [4.69, 9.17) is 4.74 Å². The molecule has 1 aromatic carbocycles. The quantitative estimate of drug-likeness (QED) is 0.297. The topological polar surface area (TPSA) is 73.8 Å². The molecule has 1 aromatic rings. The van der Waals surface area contributed by atoms with Crippen molar-refractivity contribution in [2.24, 2.45) is 11.8 Å². The molecule has 1 unspecified atom stereocenters. The van der Waals surface area contributed by atoms with Gasteiger partial charge in [-0.3, -0.25) is 0 Å². The Kier molecular flexibility index (Phi) is 11.7. The summed E-state index contributed by atoms with van der Waals surface area (Å²) in [6, 6.07) is 4.91. The molecule has 1 saturated carbocycles. The highest BCUT2D eigenvalue weighted by Gasteiger charge is 2.42. The Hall–Kier alpha value is -1.84. The molecule has 0 spiro atoms. The van der Waals surface area contributed by atoms with Crippen LogP contribution in [0.5, 0.6) is 0 Å². The number of amides is 2. The normalized spacial score (nSPS) is 21.6. The fourth-order valence-corrected chi connectivity index (χ4v) is 6.27. The molecule has 2 fully saturated rings. The zero-order chi connectivity index (χ0) is 27.6. The number of hydrogen-bond donors (Lipinski definition) is 3. The maximum Gasteiger partial charge on any atom is 0.416 e. The van der Waals surface area contributed by atoms with Gasteiger partial charge in [-0.05, 0) is 69.2 Å². The number of likely N-dealkylation sites (tertiary alicyclic amines) is 1. The number of ether oxygens (including phenoxy) is 1. The van der Waals surface area contributed by atoms with Crippen molar-refractivity contribution in [3.8, 4) is 0 Å². The van der Waals surface area contributed by atoms with E-state index in [9.17, 15) is 23.1 Å². The number of nitrogens with one attached hydrogen (secondary N) is 2. The maximum absolute atomic E-state index is 13.5. The van der Waals surface area contributed by atoms with E-state index in [0.717, 1.165) is 18.6 Å². The first-order valence-electron chi connectivity index (χ1n) is 14.3. The van der Waals surface area contributed by atoms with Gasteiger partial charge in [-0.2, -0.15) is 13.2 Å². The first-order valence-corrected chi connectivity index (χ1v) is 14.3. The molecule has 0 radical (unpaired) electrons. The first kappa shape index (κ1) is 30.7. The number of urea groups is 1. The molecule has 1 heterocycles. The lowest BCUT2D eigenvalue weighted by Gasteiger charge is -2.43. The molecule has 216 valence electrons. The van der Waals surface area contributed by atoms with E-state index in [0.29, 0.717) is 64.3 Å². The molecule has 3 N–H and O–H groups in total. The number of benzene rings is 1. The number of piperidine rings is 1. The van der Waals surface area contributed by atoms with Gasteiger partial charge in [-0.15, -0.1) is 0 Å². The third-order valence-electron chi connectivity index (χ3n) is 8.35. The maximum atomic E-state index is 13.5. The van der Waals surface area contributed by atoms with Crippen LogP contribution in [0.3, 0.4) is 0 Å². The number of hydrogen-bond acceptors (Lipinski definition) is 4. The van der Waals surface area contributed by atoms with E-state index in [1.54, 1.807) is 18.1 Å². The highest BCUT2D eigenvalue weighted by Crippen LogP contribution is 2.41. The first-order chi connectivity index (χ1) is 18.2. The van der Waals surface area contributed by atoms with Crippen LogP contribution in [0.25, 0.3) is 0 Å². The zero-order valence-electron chi connectivity index (χ0n) is 23.0. The van der Waals surface area contributed by atoms with Gasteiger partial charge in [0.05, 0.1) is 11.2 Å². The Morgan fingerprint density at radius 3 is 2.55 bits per heavy atom. The molecule has 3 atom stereocenters. The van der Waals surface area contributed by atoms with Crippen LogP contribution in [0.15, 0.2) is 24.3 Å². The second-order valence-electron chi connectivity index (χ2n) is 11.2. The fourth-order valence-electron chi connectivity index (χ4n) is 6.27. The average Bonchev–Trinajstić information content (AvgIpc) is 2.91. The highest BCUT2D eigenvalue weighted by atomic mass is 19.4. The lowest BCUT2D eigenvalue weighted by molar-refractivity contribution is -0.137. The van der Waals surface area contributed by atoms with Gasteiger partial charge in [0.2, 0.25) is 0 Å². The predicted octanol–water partition coefficient (Wildman–Crippen LogP) is 5.69. The summed E-state index contributed by atoms with van der Waals surface area (Å²) in [5.74, 6) is 0.253. The number of methoxy groups -OCH3 is 1. The molecule has 1 aliphatic heterocycles. The Bertz CT molecular complexity index is 863. The van der Waals surface area contributed by atoms with Crippen molar-refractivity contribution < 1.29 is 27.8 Å². The summed E-state index contributed by atoms with van der Waals surface area (Å²) in [6.07, 6.45) is 5.58. The minimum absolute atomic E-state index is 0.0207. The summed E-state index contributed by atoms with van der Waals surface area (Å²) in [5, 5.41) is 18.4. The zero-order valence-corrected chi connectivity index (χ0v) is 23.0.